The van der Waals surface area contributed by atoms with Crippen LogP contribution in [0.15, 0.2) is 71.6 Å². The summed E-state index contributed by atoms with van der Waals surface area (Å²) < 4.78 is 28.9. The fourth-order valence-corrected chi connectivity index (χ4v) is 5.64. The average Bonchev–Trinajstić information content (AvgIpc) is 2.87. The van der Waals surface area contributed by atoms with E-state index in [1.807, 2.05) is 40.7 Å². The predicted molar refractivity (Wildman–Crippen MR) is 161 cm³/mol. The SMILES string of the molecule is Cc1ccc(N(CC(=O)N(Cc2ccc(Cl)cc2)[C@@H](C)C(=O)NC(C)(C)C)S(=O)(=O)c2ccc(Cl)cc2)cc1C. The van der Waals surface area contributed by atoms with Gasteiger partial charge in [0, 0.05) is 22.1 Å². The molecule has 0 unspecified atom stereocenters. The molecule has 0 aliphatic rings. The molecule has 214 valence electrons. The molecule has 7 nitrogen and oxygen atoms in total. The smallest absolute Gasteiger partial charge is 0.264 e. The maximum Gasteiger partial charge on any atom is 0.264 e. The molecule has 1 atom stereocenters. The van der Waals surface area contributed by atoms with Crippen LogP contribution in [0.4, 0.5) is 5.69 Å². The molecule has 0 bridgehead atoms. The molecule has 2 amide bonds. The second-order valence-electron chi connectivity index (χ2n) is 10.8. The Morgan fingerprint density at radius 1 is 0.875 bits per heavy atom. The highest BCUT2D eigenvalue weighted by Crippen LogP contribution is 2.27. The van der Waals surface area contributed by atoms with Gasteiger partial charge < -0.3 is 10.2 Å². The number of nitrogens with zero attached hydrogens (tertiary/aromatic N) is 2. The lowest BCUT2D eigenvalue weighted by Gasteiger charge is -2.33. The van der Waals surface area contributed by atoms with Crippen LogP contribution in [0.2, 0.25) is 10.0 Å². The summed E-state index contributed by atoms with van der Waals surface area (Å²) in [4.78, 5) is 28.5. The van der Waals surface area contributed by atoms with E-state index in [1.54, 1.807) is 43.3 Å². The normalized spacial score (nSPS) is 12.5. The standard InChI is InChI=1S/C30H35Cl2N3O4S/c1-20-7-14-26(17-21(20)2)35(40(38,39)27-15-12-25(32)13-16-27)19-28(36)34(18-23-8-10-24(31)11-9-23)22(3)29(37)33-30(4,5)6/h7-17,22H,18-19H2,1-6H3,(H,33,37)/t22-/m0/s1. The van der Waals surface area contributed by atoms with E-state index < -0.39 is 34.1 Å². The molecule has 10 heteroatoms. The van der Waals surface area contributed by atoms with Gasteiger partial charge in [-0.05, 0) is 107 Å². The summed E-state index contributed by atoms with van der Waals surface area (Å²) in [5.74, 6) is -0.893. The Labute approximate surface area is 247 Å². The van der Waals surface area contributed by atoms with Gasteiger partial charge in [0.2, 0.25) is 11.8 Å². The second-order valence-corrected chi connectivity index (χ2v) is 13.5. The Kier molecular flexibility index (Phi) is 9.93. The number of carbonyl (C=O) groups excluding carboxylic acids is 2. The molecule has 0 aliphatic carbocycles. The van der Waals surface area contributed by atoms with Gasteiger partial charge in [-0.2, -0.15) is 0 Å². The molecule has 0 spiro atoms. The number of nitrogens with one attached hydrogen (secondary N) is 1. The van der Waals surface area contributed by atoms with Crippen molar-refractivity contribution in [2.45, 2.75) is 64.6 Å². The zero-order valence-electron chi connectivity index (χ0n) is 23.5. The largest absolute Gasteiger partial charge is 0.350 e. The van der Waals surface area contributed by atoms with Crippen molar-refractivity contribution in [2.75, 3.05) is 10.8 Å². The summed E-state index contributed by atoms with van der Waals surface area (Å²) in [7, 11) is -4.17. The van der Waals surface area contributed by atoms with E-state index in [1.165, 1.54) is 29.2 Å². The monoisotopic (exact) mass is 603 g/mol. The van der Waals surface area contributed by atoms with Crippen molar-refractivity contribution >= 4 is 50.7 Å². The molecule has 0 radical (unpaired) electrons. The lowest BCUT2D eigenvalue weighted by Crippen LogP contribution is -2.54. The van der Waals surface area contributed by atoms with Crippen LogP contribution in [0, 0.1) is 13.8 Å². The first-order valence-corrected chi connectivity index (χ1v) is 15.0. The topological polar surface area (TPSA) is 86.8 Å². The van der Waals surface area contributed by atoms with E-state index in [0.717, 1.165) is 21.0 Å². The molecule has 1 N–H and O–H groups in total. The summed E-state index contributed by atoms with van der Waals surface area (Å²) >= 11 is 12.1. The lowest BCUT2D eigenvalue weighted by atomic mass is 10.1. The van der Waals surface area contributed by atoms with E-state index in [0.29, 0.717) is 15.7 Å². The van der Waals surface area contributed by atoms with Crippen molar-refractivity contribution in [1.82, 2.24) is 10.2 Å². The predicted octanol–water partition coefficient (Wildman–Crippen LogP) is 6.14. The number of anilines is 1. The van der Waals surface area contributed by atoms with Gasteiger partial charge in [-0.1, -0.05) is 41.4 Å². The van der Waals surface area contributed by atoms with E-state index in [2.05, 4.69) is 5.32 Å². The number of sulfonamides is 1. The third-order valence-electron chi connectivity index (χ3n) is 6.39. The van der Waals surface area contributed by atoms with Crippen LogP contribution in [0.1, 0.15) is 44.4 Å². The van der Waals surface area contributed by atoms with Gasteiger partial charge in [0.1, 0.15) is 12.6 Å². The molecule has 0 saturated carbocycles. The third-order valence-corrected chi connectivity index (χ3v) is 8.68. The first-order chi connectivity index (χ1) is 18.6. The minimum absolute atomic E-state index is 0.00861. The van der Waals surface area contributed by atoms with Crippen molar-refractivity contribution in [3.63, 3.8) is 0 Å². The first-order valence-electron chi connectivity index (χ1n) is 12.8. The van der Waals surface area contributed by atoms with E-state index in [4.69, 9.17) is 23.2 Å². The zero-order valence-corrected chi connectivity index (χ0v) is 25.9. The van der Waals surface area contributed by atoms with E-state index in [9.17, 15) is 18.0 Å². The van der Waals surface area contributed by atoms with Crippen molar-refractivity contribution in [3.05, 3.63) is 93.5 Å². The summed E-state index contributed by atoms with van der Waals surface area (Å²) in [6, 6.07) is 17.0. The molecule has 0 fully saturated rings. The van der Waals surface area contributed by atoms with Crippen molar-refractivity contribution < 1.29 is 18.0 Å². The summed E-state index contributed by atoms with van der Waals surface area (Å²) in [6.45, 7) is 10.5. The molecule has 0 aliphatic heterocycles. The van der Waals surface area contributed by atoms with Crippen LogP contribution >= 0.6 is 23.2 Å². The van der Waals surface area contributed by atoms with Crippen LogP contribution in [-0.4, -0.2) is 43.3 Å². The van der Waals surface area contributed by atoms with Gasteiger partial charge in [0.15, 0.2) is 0 Å². The van der Waals surface area contributed by atoms with Gasteiger partial charge >= 0.3 is 0 Å². The van der Waals surface area contributed by atoms with E-state index >= 15 is 0 Å². The summed E-state index contributed by atoms with van der Waals surface area (Å²) in [6.07, 6.45) is 0. The molecule has 3 aromatic carbocycles. The molecular formula is C30H35Cl2N3O4S. The highest BCUT2D eigenvalue weighted by Gasteiger charge is 2.33. The Bertz CT molecular complexity index is 1470. The van der Waals surface area contributed by atoms with Crippen molar-refractivity contribution in [2.24, 2.45) is 0 Å². The minimum atomic E-state index is -4.17. The highest BCUT2D eigenvalue weighted by atomic mass is 35.5. The molecule has 0 saturated heterocycles. The maximum atomic E-state index is 14.0. The number of halogens is 2. The fraction of sp³-hybridized carbons (Fsp3) is 0.333. The quantitative estimate of drug-likeness (QED) is 0.318. The third kappa shape index (κ3) is 7.99. The lowest BCUT2D eigenvalue weighted by molar-refractivity contribution is -0.140. The fourth-order valence-electron chi connectivity index (χ4n) is 3.99. The number of hydrogen-bond donors (Lipinski definition) is 1. The maximum absolute atomic E-state index is 14.0. The Morgan fingerprint density at radius 2 is 1.43 bits per heavy atom. The van der Waals surface area contributed by atoms with Crippen LogP contribution in [0.25, 0.3) is 0 Å². The molecule has 40 heavy (non-hydrogen) atoms. The van der Waals surface area contributed by atoms with Crippen LogP contribution in [-0.2, 0) is 26.2 Å². The zero-order chi connectivity index (χ0) is 29.8. The van der Waals surface area contributed by atoms with Gasteiger partial charge in [0.25, 0.3) is 10.0 Å². The highest BCUT2D eigenvalue weighted by molar-refractivity contribution is 7.92. The number of benzene rings is 3. The minimum Gasteiger partial charge on any atom is -0.350 e. The molecule has 0 aromatic heterocycles. The van der Waals surface area contributed by atoms with Crippen LogP contribution in [0.3, 0.4) is 0 Å². The number of hydrogen-bond acceptors (Lipinski definition) is 4. The van der Waals surface area contributed by atoms with Crippen LogP contribution < -0.4 is 9.62 Å². The summed E-state index contributed by atoms with van der Waals surface area (Å²) in [5, 5.41) is 3.84. The second kappa shape index (κ2) is 12.6. The molecule has 0 heterocycles. The summed E-state index contributed by atoms with van der Waals surface area (Å²) in [5.41, 5.74) is 2.41. The van der Waals surface area contributed by atoms with Crippen molar-refractivity contribution in [1.29, 1.82) is 0 Å². The first kappa shape index (κ1) is 31.5. The number of rotatable bonds is 9. The Morgan fingerprint density at radius 3 is 1.95 bits per heavy atom. The van der Waals surface area contributed by atoms with Gasteiger partial charge in [-0.25, -0.2) is 8.42 Å². The van der Waals surface area contributed by atoms with Gasteiger partial charge in [-0.15, -0.1) is 0 Å². The number of aryl methyl sites for hydroxylation is 2. The average molecular weight is 605 g/mol. The Hall–Kier alpha value is -3.07. The Balaban J connectivity index is 2.06. The molecular weight excluding hydrogens is 569 g/mol. The number of amides is 2. The number of carbonyl (C=O) groups is 2. The van der Waals surface area contributed by atoms with Crippen LogP contribution in [0.5, 0.6) is 0 Å². The van der Waals surface area contributed by atoms with Gasteiger partial charge in [-0.3, -0.25) is 13.9 Å². The van der Waals surface area contributed by atoms with Gasteiger partial charge in [0.05, 0.1) is 10.6 Å². The van der Waals surface area contributed by atoms with Crippen molar-refractivity contribution in [3.8, 4) is 0 Å². The van der Waals surface area contributed by atoms with E-state index in [-0.39, 0.29) is 17.3 Å². The molecule has 3 aromatic rings. The molecule has 3 rings (SSSR count).